The van der Waals surface area contributed by atoms with Crippen molar-refractivity contribution in [3.63, 3.8) is 0 Å². The molecule has 2 aliphatic heterocycles. The van der Waals surface area contributed by atoms with Gasteiger partial charge in [0.15, 0.2) is 0 Å². The highest BCUT2D eigenvalue weighted by molar-refractivity contribution is 8.15. The molecule has 0 unspecified atom stereocenters. The number of amides is 2. The molecule has 2 aliphatic rings. The summed E-state index contributed by atoms with van der Waals surface area (Å²) < 4.78 is 4.83. The van der Waals surface area contributed by atoms with Crippen LogP contribution in [0.3, 0.4) is 0 Å². The van der Waals surface area contributed by atoms with Gasteiger partial charge in [0.05, 0.1) is 24.1 Å². The van der Waals surface area contributed by atoms with E-state index in [1.807, 2.05) is 50.2 Å². The lowest BCUT2D eigenvalue weighted by atomic mass is 9.93. The summed E-state index contributed by atoms with van der Waals surface area (Å²) in [5, 5.41) is 5.12. The van der Waals surface area contributed by atoms with Crippen molar-refractivity contribution < 1.29 is 14.3 Å². The molecule has 0 saturated carbocycles. The van der Waals surface area contributed by atoms with Crippen LogP contribution >= 0.6 is 11.8 Å². The van der Waals surface area contributed by atoms with Crippen molar-refractivity contribution in [3.05, 3.63) is 95.1 Å². The van der Waals surface area contributed by atoms with Crippen molar-refractivity contribution in [2.75, 3.05) is 18.6 Å². The van der Waals surface area contributed by atoms with E-state index in [0.29, 0.717) is 6.54 Å². The largest absolute Gasteiger partial charge is 0.497 e. The number of imide groups is 1. The SMILES string of the molecule is COc1ccc(C(=NCc2ccccc2)N2CCCc3cc(C4=NN(C(C)=O)C(=O)SC4(C)C)ccc32)cc1. The van der Waals surface area contributed by atoms with Crippen molar-refractivity contribution in [3.8, 4) is 5.75 Å². The summed E-state index contributed by atoms with van der Waals surface area (Å²) in [6.45, 7) is 6.72. The molecule has 39 heavy (non-hydrogen) atoms. The smallest absolute Gasteiger partial charge is 0.309 e. The van der Waals surface area contributed by atoms with Crippen LogP contribution in [-0.4, -0.2) is 46.1 Å². The fourth-order valence-electron chi connectivity index (χ4n) is 4.96. The average molecular weight is 541 g/mol. The number of nitrogens with zero attached hydrogens (tertiary/aromatic N) is 4. The van der Waals surface area contributed by atoms with Crippen LogP contribution in [0.4, 0.5) is 10.5 Å². The van der Waals surface area contributed by atoms with Crippen LogP contribution in [0.2, 0.25) is 0 Å². The molecule has 3 aromatic rings. The molecular formula is C31H32N4O3S. The van der Waals surface area contributed by atoms with Gasteiger partial charge in [0.25, 0.3) is 0 Å². The Morgan fingerprint density at radius 3 is 2.51 bits per heavy atom. The Bertz CT molecular complexity index is 1450. The predicted octanol–water partition coefficient (Wildman–Crippen LogP) is 6.29. The van der Waals surface area contributed by atoms with E-state index in [4.69, 9.17) is 9.73 Å². The van der Waals surface area contributed by atoms with E-state index in [1.165, 1.54) is 12.5 Å². The summed E-state index contributed by atoms with van der Waals surface area (Å²) in [5.74, 6) is 1.33. The fourth-order valence-corrected chi connectivity index (χ4v) is 5.91. The Kier molecular flexibility index (Phi) is 7.57. The quantitative estimate of drug-likeness (QED) is 0.281. The van der Waals surface area contributed by atoms with E-state index >= 15 is 0 Å². The van der Waals surface area contributed by atoms with Gasteiger partial charge >= 0.3 is 5.24 Å². The molecule has 0 aliphatic carbocycles. The summed E-state index contributed by atoms with van der Waals surface area (Å²) in [7, 11) is 1.67. The molecule has 0 N–H and O–H groups in total. The van der Waals surface area contributed by atoms with Crippen LogP contribution in [0, 0.1) is 0 Å². The first kappa shape index (κ1) is 26.7. The van der Waals surface area contributed by atoms with Crippen LogP contribution < -0.4 is 9.64 Å². The van der Waals surface area contributed by atoms with E-state index in [1.54, 1.807) is 7.11 Å². The van der Waals surface area contributed by atoms with E-state index < -0.39 is 4.75 Å². The molecule has 0 atom stereocenters. The number of methoxy groups -OCH3 is 1. The second-order valence-electron chi connectivity index (χ2n) is 10.1. The summed E-state index contributed by atoms with van der Waals surface area (Å²) >= 11 is 1.13. The van der Waals surface area contributed by atoms with Gasteiger partial charge in [0.1, 0.15) is 11.6 Å². The summed E-state index contributed by atoms with van der Waals surface area (Å²) in [6.07, 6.45) is 1.89. The number of thioether (sulfide) groups is 1. The lowest BCUT2D eigenvalue weighted by molar-refractivity contribution is -0.125. The van der Waals surface area contributed by atoms with Gasteiger partial charge in [-0.2, -0.15) is 10.1 Å². The summed E-state index contributed by atoms with van der Waals surface area (Å²) in [5.41, 5.74) is 6.10. The van der Waals surface area contributed by atoms with Crippen molar-refractivity contribution in [2.45, 2.75) is 44.9 Å². The number of rotatable bonds is 5. The summed E-state index contributed by atoms with van der Waals surface area (Å²) in [4.78, 5) is 31.9. The molecule has 3 aromatic carbocycles. The maximum atomic E-state index is 12.5. The number of aliphatic imine (C=N–C) groups is 1. The van der Waals surface area contributed by atoms with Crippen molar-refractivity contribution in [1.29, 1.82) is 0 Å². The molecule has 0 spiro atoms. The first-order valence-electron chi connectivity index (χ1n) is 13.0. The maximum Gasteiger partial charge on any atom is 0.309 e. The number of fused-ring (bicyclic) bond motifs is 1. The lowest BCUT2D eigenvalue weighted by Gasteiger charge is -2.35. The zero-order chi connectivity index (χ0) is 27.6. The molecule has 2 amide bonds. The maximum absolute atomic E-state index is 12.5. The van der Waals surface area contributed by atoms with Gasteiger partial charge in [-0.15, -0.1) is 0 Å². The first-order chi connectivity index (χ1) is 18.8. The molecule has 8 heteroatoms. The number of carbonyl (C=O) groups excluding carboxylic acids is 2. The normalized spacial score (nSPS) is 17.0. The number of hydrazone groups is 1. The molecule has 2 heterocycles. The Balaban J connectivity index is 1.54. The molecule has 0 aromatic heterocycles. The minimum atomic E-state index is -0.559. The van der Waals surface area contributed by atoms with E-state index in [9.17, 15) is 9.59 Å². The third-order valence-corrected chi connectivity index (χ3v) is 7.96. The minimum Gasteiger partial charge on any atom is -0.497 e. The second kappa shape index (κ2) is 11.1. The van der Waals surface area contributed by atoms with Gasteiger partial charge in [-0.05, 0) is 91.5 Å². The zero-order valence-corrected chi connectivity index (χ0v) is 23.5. The number of ether oxygens (including phenoxy) is 1. The average Bonchev–Trinajstić information content (AvgIpc) is 2.93. The van der Waals surface area contributed by atoms with Crippen LogP contribution in [-0.2, 0) is 17.8 Å². The van der Waals surface area contributed by atoms with Crippen molar-refractivity contribution in [1.82, 2.24) is 5.01 Å². The number of carbonyl (C=O) groups is 2. The lowest BCUT2D eigenvalue weighted by Crippen LogP contribution is -2.43. The van der Waals surface area contributed by atoms with Gasteiger partial charge in [-0.25, -0.2) is 0 Å². The van der Waals surface area contributed by atoms with Crippen LogP contribution in [0.25, 0.3) is 0 Å². The number of benzene rings is 3. The molecule has 0 fully saturated rings. The number of aryl methyl sites for hydroxylation is 1. The van der Waals surface area contributed by atoms with Gasteiger partial charge in [-0.1, -0.05) is 36.4 Å². The van der Waals surface area contributed by atoms with Gasteiger partial charge in [0, 0.05) is 24.7 Å². The standard InChI is InChI=1S/C31H32N4O3S/c1-21(36)35-30(37)39-31(2,3)28(33-35)25-14-17-27-24(19-25)11-8-18-34(27)29(23-12-15-26(38-4)16-13-23)32-20-22-9-6-5-7-10-22/h5-7,9-10,12-17,19H,8,11,18,20H2,1-4H3. The van der Waals surface area contributed by atoms with Crippen molar-refractivity contribution in [2.24, 2.45) is 10.1 Å². The first-order valence-corrected chi connectivity index (χ1v) is 13.8. The molecule has 0 radical (unpaired) electrons. The summed E-state index contributed by atoms with van der Waals surface area (Å²) in [6, 6.07) is 24.6. The molecule has 5 rings (SSSR count). The Morgan fingerprint density at radius 1 is 1.08 bits per heavy atom. The van der Waals surface area contributed by atoms with Crippen molar-refractivity contribution >= 4 is 40.1 Å². The van der Waals surface area contributed by atoms with E-state index in [0.717, 1.165) is 75.8 Å². The molecule has 200 valence electrons. The van der Waals surface area contributed by atoms with Gasteiger partial charge < -0.3 is 9.64 Å². The topological polar surface area (TPSA) is 74.6 Å². The minimum absolute atomic E-state index is 0.348. The highest BCUT2D eigenvalue weighted by Gasteiger charge is 2.39. The molecule has 7 nitrogen and oxygen atoms in total. The number of amidine groups is 1. The van der Waals surface area contributed by atoms with Gasteiger partial charge in [0.2, 0.25) is 5.91 Å². The molecule has 0 bridgehead atoms. The Hall–Kier alpha value is -3.91. The van der Waals surface area contributed by atoms with Gasteiger partial charge in [-0.3, -0.25) is 14.6 Å². The monoisotopic (exact) mass is 540 g/mol. The third-order valence-electron chi connectivity index (χ3n) is 6.91. The highest BCUT2D eigenvalue weighted by Crippen LogP contribution is 2.38. The number of hydrogen-bond acceptors (Lipinski definition) is 6. The van der Waals surface area contributed by atoms with Crippen LogP contribution in [0.5, 0.6) is 5.75 Å². The highest BCUT2D eigenvalue weighted by atomic mass is 32.2. The zero-order valence-electron chi connectivity index (χ0n) is 22.7. The van der Waals surface area contributed by atoms with Crippen LogP contribution in [0.1, 0.15) is 49.4 Å². The van der Waals surface area contributed by atoms with E-state index in [2.05, 4.69) is 46.4 Å². The second-order valence-corrected chi connectivity index (χ2v) is 11.7. The Morgan fingerprint density at radius 2 is 1.82 bits per heavy atom. The predicted molar refractivity (Wildman–Crippen MR) is 158 cm³/mol. The van der Waals surface area contributed by atoms with E-state index in [-0.39, 0.29) is 11.1 Å². The molecule has 0 saturated heterocycles. The third kappa shape index (κ3) is 5.61. The number of hydrogen-bond donors (Lipinski definition) is 0. The Labute approximate surface area is 233 Å². The molecular weight excluding hydrogens is 508 g/mol. The number of anilines is 1. The fraction of sp³-hybridized carbons (Fsp3) is 0.290. The van der Waals surface area contributed by atoms with Crippen LogP contribution in [0.15, 0.2) is 82.9 Å².